The topological polar surface area (TPSA) is 60.5 Å². The first-order valence-corrected chi connectivity index (χ1v) is 9.84. The zero-order chi connectivity index (χ0) is 20.0. The monoisotopic (exact) mass is 386 g/mol. The standard InChI is InChI=1S/C24H22N2O3/c1-28-14-8-9-16(21(13-14)29-2)23-22-15-5-4-12-25-17(15)10-11-19(22)26-18-6-3-7-20(27)24(18)23/h4-5,8-13,23,26H,3,6-7H2,1-2H3/t23-/m0/s1. The van der Waals surface area contributed by atoms with E-state index >= 15 is 0 Å². The van der Waals surface area contributed by atoms with Crippen LogP contribution in [0.3, 0.4) is 0 Å². The molecule has 1 atom stereocenters. The number of nitrogens with zero attached hydrogens (tertiary/aromatic N) is 1. The summed E-state index contributed by atoms with van der Waals surface area (Å²) in [5.74, 6) is 1.44. The quantitative estimate of drug-likeness (QED) is 0.700. The van der Waals surface area contributed by atoms with Crippen molar-refractivity contribution >= 4 is 22.4 Å². The van der Waals surface area contributed by atoms with Crippen LogP contribution >= 0.6 is 0 Å². The number of hydrogen-bond acceptors (Lipinski definition) is 5. The minimum absolute atomic E-state index is 0.202. The third-order valence-corrected chi connectivity index (χ3v) is 5.90. The van der Waals surface area contributed by atoms with Crippen LogP contribution in [0.2, 0.25) is 0 Å². The first-order chi connectivity index (χ1) is 14.2. The van der Waals surface area contributed by atoms with Gasteiger partial charge in [-0.1, -0.05) is 12.1 Å². The lowest BCUT2D eigenvalue weighted by Crippen LogP contribution is -2.27. The number of Topliss-reactive ketones (excluding diaryl/α,β-unsaturated/α-hetero) is 1. The van der Waals surface area contributed by atoms with E-state index in [2.05, 4.69) is 22.4 Å². The van der Waals surface area contributed by atoms with Gasteiger partial charge in [0.05, 0.1) is 19.7 Å². The molecular weight excluding hydrogens is 364 g/mol. The van der Waals surface area contributed by atoms with Crippen molar-refractivity contribution in [3.8, 4) is 11.5 Å². The second-order valence-electron chi connectivity index (χ2n) is 7.43. The predicted molar refractivity (Wildman–Crippen MR) is 113 cm³/mol. The zero-order valence-electron chi connectivity index (χ0n) is 16.5. The van der Waals surface area contributed by atoms with E-state index in [0.717, 1.165) is 57.6 Å². The van der Waals surface area contributed by atoms with Crippen molar-refractivity contribution in [2.24, 2.45) is 0 Å². The second-order valence-corrected chi connectivity index (χ2v) is 7.43. The van der Waals surface area contributed by atoms with Gasteiger partial charge in [0, 0.05) is 52.5 Å². The molecule has 0 radical (unpaired) electrons. The third-order valence-electron chi connectivity index (χ3n) is 5.90. The summed E-state index contributed by atoms with van der Waals surface area (Å²) < 4.78 is 11.1. The Labute approximate surface area is 169 Å². The maximum atomic E-state index is 13.1. The molecule has 0 spiro atoms. The number of rotatable bonds is 3. The van der Waals surface area contributed by atoms with E-state index in [1.807, 2.05) is 30.3 Å². The summed E-state index contributed by atoms with van der Waals surface area (Å²) >= 11 is 0. The second kappa shape index (κ2) is 6.92. The number of carbonyl (C=O) groups is 1. The van der Waals surface area contributed by atoms with Crippen molar-refractivity contribution < 1.29 is 14.3 Å². The molecule has 29 heavy (non-hydrogen) atoms. The molecule has 5 nitrogen and oxygen atoms in total. The van der Waals surface area contributed by atoms with E-state index in [9.17, 15) is 4.79 Å². The molecule has 2 aromatic carbocycles. The molecule has 0 unspecified atom stereocenters. The SMILES string of the molecule is COc1ccc([C@@H]2C3=C(CCCC3=O)Nc3ccc4ncccc4c32)c(OC)c1. The zero-order valence-corrected chi connectivity index (χ0v) is 16.5. The van der Waals surface area contributed by atoms with Gasteiger partial charge in [0.15, 0.2) is 5.78 Å². The number of aromatic nitrogens is 1. The number of fused-ring (bicyclic) bond motifs is 3. The molecule has 5 rings (SSSR count). The molecule has 2 aliphatic rings. The van der Waals surface area contributed by atoms with Crippen molar-refractivity contribution in [2.45, 2.75) is 25.2 Å². The van der Waals surface area contributed by atoms with E-state index < -0.39 is 0 Å². The summed E-state index contributed by atoms with van der Waals surface area (Å²) in [6.45, 7) is 0. The van der Waals surface area contributed by atoms with E-state index in [1.54, 1.807) is 20.4 Å². The molecule has 0 fully saturated rings. The summed E-state index contributed by atoms with van der Waals surface area (Å²) in [6.07, 6.45) is 4.13. The average molecular weight is 386 g/mol. The fraction of sp³-hybridized carbons (Fsp3) is 0.250. The molecule has 3 aromatic rings. The molecule has 0 saturated heterocycles. The first kappa shape index (κ1) is 17.7. The van der Waals surface area contributed by atoms with Crippen LogP contribution in [0.15, 0.2) is 59.9 Å². The Kier molecular flexibility index (Phi) is 4.23. The Morgan fingerprint density at radius 3 is 2.79 bits per heavy atom. The third kappa shape index (κ3) is 2.77. The predicted octanol–water partition coefficient (Wildman–Crippen LogP) is 4.82. The molecule has 0 amide bonds. The fourth-order valence-electron chi connectivity index (χ4n) is 4.60. The van der Waals surface area contributed by atoms with Crippen LogP contribution in [0.25, 0.3) is 10.9 Å². The van der Waals surface area contributed by atoms with Gasteiger partial charge in [-0.15, -0.1) is 0 Å². The van der Waals surface area contributed by atoms with Gasteiger partial charge in [0.1, 0.15) is 11.5 Å². The summed E-state index contributed by atoms with van der Waals surface area (Å²) in [6, 6.07) is 13.9. The van der Waals surface area contributed by atoms with Crippen molar-refractivity contribution in [1.29, 1.82) is 0 Å². The van der Waals surface area contributed by atoms with Crippen molar-refractivity contribution in [2.75, 3.05) is 19.5 Å². The van der Waals surface area contributed by atoms with Crippen molar-refractivity contribution in [1.82, 2.24) is 4.98 Å². The molecule has 2 heterocycles. The number of nitrogens with one attached hydrogen (secondary N) is 1. The molecule has 5 heteroatoms. The number of hydrogen-bond donors (Lipinski definition) is 1. The molecule has 1 N–H and O–H groups in total. The Bertz CT molecular complexity index is 1170. The number of ether oxygens (including phenoxy) is 2. The fourth-order valence-corrected chi connectivity index (χ4v) is 4.60. The van der Waals surface area contributed by atoms with Gasteiger partial charge in [-0.25, -0.2) is 0 Å². The molecular formula is C24H22N2O3. The molecule has 1 aromatic heterocycles. The number of allylic oxidation sites excluding steroid dienone is 2. The summed E-state index contributed by atoms with van der Waals surface area (Å²) in [7, 11) is 3.29. The average Bonchev–Trinajstić information content (AvgIpc) is 2.77. The van der Waals surface area contributed by atoms with E-state index in [4.69, 9.17) is 9.47 Å². The molecule has 146 valence electrons. The van der Waals surface area contributed by atoms with Gasteiger partial charge in [-0.3, -0.25) is 9.78 Å². The van der Waals surface area contributed by atoms with Gasteiger partial charge >= 0.3 is 0 Å². The van der Waals surface area contributed by atoms with Gasteiger partial charge in [-0.2, -0.15) is 0 Å². The van der Waals surface area contributed by atoms with Crippen LogP contribution in [0.4, 0.5) is 5.69 Å². The van der Waals surface area contributed by atoms with E-state index in [1.165, 1.54) is 0 Å². The number of benzene rings is 2. The van der Waals surface area contributed by atoms with Crippen LogP contribution in [-0.4, -0.2) is 25.0 Å². The summed E-state index contributed by atoms with van der Waals surface area (Å²) in [4.78, 5) is 17.6. The van der Waals surface area contributed by atoms with Crippen LogP contribution < -0.4 is 14.8 Å². The lowest BCUT2D eigenvalue weighted by molar-refractivity contribution is -0.116. The lowest BCUT2D eigenvalue weighted by Gasteiger charge is -2.35. The first-order valence-electron chi connectivity index (χ1n) is 9.84. The van der Waals surface area contributed by atoms with Crippen molar-refractivity contribution in [3.63, 3.8) is 0 Å². The number of anilines is 1. The van der Waals surface area contributed by atoms with Crippen molar-refractivity contribution in [3.05, 3.63) is 71.1 Å². The normalized spacial score (nSPS) is 18.1. The molecule has 1 aliphatic heterocycles. The number of pyridine rings is 1. The van der Waals surface area contributed by atoms with Crippen LogP contribution in [0.1, 0.15) is 36.3 Å². The lowest BCUT2D eigenvalue weighted by atomic mass is 9.74. The summed E-state index contributed by atoms with van der Waals surface area (Å²) in [5.41, 5.74) is 5.87. The number of ketones is 1. The van der Waals surface area contributed by atoms with Gasteiger partial charge in [0.25, 0.3) is 0 Å². The van der Waals surface area contributed by atoms with E-state index in [0.29, 0.717) is 12.2 Å². The van der Waals surface area contributed by atoms with Gasteiger partial charge in [0.2, 0.25) is 0 Å². The maximum Gasteiger partial charge on any atom is 0.161 e. The molecule has 0 bridgehead atoms. The smallest absolute Gasteiger partial charge is 0.161 e. The highest BCUT2D eigenvalue weighted by atomic mass is 16.5. The van der Waals surface area contributed by atoms with Crippen LogP contribution in [0.5, 0.6) is 11.5 Å². The number of methoxy groups -OCH3 is 2. The molecule has 0 saturated carbocycles. The minimum atomic E-state index is -0.206. The Morgan fingerprint density at radius 2 is 1.97 bits per heavy atom. The largest absolute Gasteiger partial charge is 0.497 e. The van der Waals surface area contributed by atoms with E-state index in [-0.39, 0.29) is 11.7 Å². The Morgan fingerprint density at radius 1 is 1.07 bits per heavy atom. The highest BCUT2D eigenvalue weighted by molar-refractivity contribution is 6.03. The van der Waals surface area contributed by atoms with Crippen LogP contribution in [0, 0.1) is 0 Å². The summed E-state index contributed by atoms with van der Waals surface area (Å²) in [5, 5.41) is 4.59. The Balaban J connectivity index is 1.83. The van der Waals surface area contributed by atoms with Gasteiger partial charge in [-0.05, 0) is 42.7 Å². The Hall–Kier alpha value is -3.34. The number of carbonyl (C=O) groups excluding carboxylic acids is 1. The van der Waals surface area contributed by atoms with Gasteiger partial charge < -0.3 is 14.8 Å². The highest BCUT2D eigenvalue weighted by Gasteiger charge is 2.37. The maximum absolute atomic E-state index is 13.1. The minimum Gasteiger partial charge on any atom is -0.497 e. The molecule has 1 aliphatic carbocycles. The van der Waals surface area contributed by atoms with Crippen LogP contribution in [-0.2, 0) is 4.79 Å². The highest BCUT2D eigenvalue weighted by Crippen LogP contribution is 2.50.